The second-order valence-electron chi connectivity index (χ2n) is 4.48. The summed E-state index contributed by atoms with van der Waals surface area (Å²) in [6.45, 7) is 8.18. The SMILES string of the molecule is CCCC(C)C(=O)c1cc(C)c(Br)c(C)c1. The molecule has 0 aromatic heterocycles. The van der Waals surface area contributed by atoms with Crippen LogP contribution in [0.3, 0.4) is 0 Å². The quantitative estimate of drug-likeness (QED) is 0.733. The van der Waals surface area contributed by atoms with E-state index in [0.29, 0.717) is 0 Å². The average molecular weight is 283 g/mol. The van der Waals surface area contributed by atoms with E-state index < -0.39 is 0 Å². The summed E-state index contributed by atoms with van der Waals surface area (Å²) in [4.78, 5) is 12.1. The van der Waals surface area contributed by atoms with E-state index in [2.05, 4.69) is 22.9 Å². The van der Waals surface area contributed by atoms with Gasteiger partial charge >= 0.3 is 0 Å². The number of benzene rings is 1. The van der Waals surface area contributed by atoms with Gasteiger partial charge in [-0.15, -0.1) is 0 Å². The summed E-state index contributed by atoms with van der Waals surface area (Å²) in [7, 11) is 0. The number of hydrogen-bond donors (Lipinski definition) is 0. The average Bonchev–Trinajstić information content (AvgIpc) is 2.24. The molecule has 1 nitrogen and oxygen atoms in total. The molecule has 0 aliphatic heterocycles. The van der Waals surface area contributed by atoms with Crippen LogP contribution in [0.4, 0.5) is 0 Å². The number of rotatable bonds is 4. The number of halogens is 1. The molecule has 0 heterocycles. The predicted octanol–water partition coefficient (Wildman–Crippen LogP) is 4.68. The Labute approximate surface area is 106 Å². The second kappa shape index (κ2) is 5.62. The highest BCUT2D eigenvalue weighted by atomic mass is 79.9. The third-order valence-electron chi connectivity index (χ3n) is 2.89. The van der Waals surface area contributed by atoms with Gasteiger partial charge in [0.05, 0.1) is 0 Å². The summed E-state index contributed by atoms with van der Waals surface area (Å²) < 4.78 is 1.10. The molecule has 0 aliphatic carbocycles. The first kappa shape index (κ1) is 13.4. The van der Waals surface area contributed by atoms with Crippen molar-refractivity contribution in [2.24, 2.45) is 5.92 Å². The number of Topliss-reactive ketones (excluding diaryl/α,β-unsaturated/α-hetero) is 1. The lowest BCUT2D eigenvalue weighted by Gasteiger charge is -2.11. The van der Waals surface area contributed by atoms with E-state index in [4.69, 9.17) is 0 Å². The minimum absolute atomic E-state index is 0.130. The highest BCUT2D eigenvalue weighted by Gasteiger charge is 2.15. The first-order valence-electron chi connectivity index (χ1n) is 5.78. The molecule has 1 unspecified atom stereocenters. The van der Waals surface area contributed by atoms with Crippen molar-refractivity contribution in [2.45, 2.75) is 40.5 Å². The van der Waals surface area contributed by atoms with Crippen LogP contribution in [-0.2, 0) is 0 Å². The van der Waals surface area contributed by atoms with E-state index in [-0.39, 0.29) is 11.7 Å². The van der Waals surface area contributed by atoms with Crippen molar-refractivity contribution in [1.82, 2.24) is 0 Å². The molecule has 1 atom stereocenters. The topological polar surface area (TPSA) is 17.1 Å². The Balaban J connectivity index is 3.01. The maximum absolute atomic E-state index is 12.1. The third kappa shape index (κ3) is 2.94. The summed E-state index contributed by atoms with van der Waals surface area (Å²) in [6, 6.07) is 3.96. The van der Waals surface area contributed by atoms with Gasteiger partial charge in [0.25, 0.3) is 0 Å². The summed E-state index contributed by atoms with van der Waals surface area (Å²) in [6.07, 6.45) is 2.02. The molecular weight excluding hydrogens is 264 g/mol. The van der Waals surface area contributed by atoms with E-state index >= 15 is 0 Å². The van der Waals surface area contributed by atoms with Gasteiger partial charge in [0.1, 0.15) is 0 Å². The molecule has 0 spiro atoms. The molecule has 0 fully saturated rings. The van der Waals surface area contributed by atoms with Crippen molar-refractivity contribution >= 4 is 21.7 Å². The van der Waals surface area contributed by atoms with E-state index in [1.165, 1.54) is 0 Å². The molecule has 2 heteroatoms. The summed E-state index contributed by atoms with van der Waals surface area (Å²) in [5.41, 5.74) is 3.11. The molecule has 0 saturated heterocycles. The van der Waals surface area contributed by atoms with Crippen LogP contribution in [0.25, 0.3) is 0 Å². The summed E-state index contributed by atoms with van der Waals surface area (Å²) >= 11 is 3.52. The van der Waals surface area contributed by atoms with Gasteiger partial charge in [-0.2, -0.15) is 0 Å². The van der Waals surface area contributed by atoms with Gasteiger partial charge in [0.2, 0.25) is 0 Å². The van der Waals surface area contributed by atoms with E-state index in [0.717, 1.165) is 34.0 Å². The maximum Gasteiger partial charge on any atom is 0.165 e. The van der Waals surface area contributed by atoms with Gasteiger partial charge in [-0.25, -0.2) is 0 Å². The molecule has 0 N–H and O–H groups in total. The van der Waals surface area contributed by atoms with Gasteiger partial charge in [-0.1, -0.05) is 36.2 Å². The van der Waals surface area contributed by atoms with Gasteiger partial charge in [0, 0.05) is 16.0 Å². The van der Waals surface area contributed by atoms with Crippen molar-refractivity contribution in [1.29, 1.82) is 0 Å². The van der Waals surface area contributed by atoms with Gasteiger partial charge in [0.15, 0.2) is 5.78 Å². The number of ketones is 1. The van der Waals surface area contributed by atoms with Crippen LogP contribution in [0.2, 0.25) is 0 Å². The van der Waals surface area contributed by atoms with Crippen molar-refractivity contribution in [2.75, 3.05) is 0 Å². The highest BCUT2D eigenvalue weighted by Crippen LogP contribution is 2.24. The van der Waals surface area contributed by atoms with Crippen LogP contribution in [0.15, 0.2) is 16.6 Å². The smallest absolute Gasteiger partial charge is 0.165 e. The molecule has 0 bridgehead atoms. The minimum atomic E-state index is 0.130. The predicted molar refractivity (Wildman–Crippen MR) is 72.0 cm³/mol. The van der Waals surface area contributed by atoms with Gasteiger partial charge < -0.3 is 0 Å². The first-order valence-corrected chi connectivity index (χ1v) is 6.57. The molecule has 0 radical (unpaired) electrons. The normalized spacial score (nSPS) is 12.6. The molecule has 0 amide bonds. The zero-order chi connectivity index (χ0) is 12.3. The van der Waals surface area contributed by atoms with E-state index in [1.807, 2.05) is 32.9 Å². The zero-order valence-corrected chi connectivity index (χ0v) is 12.0. The van der Waals surface area contributed by atoms with E-state index in [9.17, 15) is 4.79 Å². The second-order valence-corrected chi connectivity index (χ2v) is 5.27. The van der Waals surface area contributed by atoms with Gasteiger partial charge in [-0.3, -0.25) is 4.79 Å². The van der Waals surface area contributed by atoms with Crippen LogP contribution >= 0.6 is 15.9 Å². The largest absolute Gasteiger partial charge is 0.294 e. The van der Waals surface area contributed by atoms with Crippen LogP contribution < -0.4 is 0 Å². The Kier molecular flexibility index (Phi) is 4.72. The highest BCUT2D eigenvalue weighted by molar-refractivity contribution is 9.10. The van der Waals surface area contributed by atoms with Crippen molar-refractivity contribution in [3.05, 3.63) is 33.3 Å². The van der Waals surface area contributed by atoms with Crippen molar-refractivity contribution < 1.29 is 4.79 Å². The van der Waals surface area contributed by atoms with E-state index in [1.54, 1.807) is 0 Å². The molecule has 0 aliphatic rings. The lowest BCUT2D eigenvalue weighted by atomic mass is 9.93. The Morgan fingerprint density at radius 2 is 1.81 bits per heavy atom. The molecule has 1 aromatic rings. The van der Waals surface area contributed by atoms with Crippen LogP contribution in [0.5, 0.6) is 0 Å². The van der Waals surface area contributed by atoms with Crippen LogP contribution in [0, 0.1) is 19.8 Å². The summed E-state index contributed by atoms with van der Waals surface area (Å²) in [5, 5.41) is 0. The Hall–Kier alpha value is -0.630. The lowest BCUT2D eigenvalue weighted by molar-refractivity contribution is 0.0923. The minimum Gasteiger partial charge on any atom is -0.294 e. The van der Waals surface area contributed by atoms with Gasteiger partial charge in [-0.05, 0) is 43.5 Å². The molecule has 88 valence electrons. The number of carbonyl (C=O) groups excluding carboxylic acids is 1. The fourth-order valence-corrected chi connectivity index (χ4v) is 2.17. The standard InChI is InChI=1S/C14H19BrO/c1-5-6-9(2)14(16)12-7-10(3)13(15)11(4)8-12/h7-9H,5-6H2,1-4H3. The summed E-state index contributed by atoms with van der Waals surface area (Å²) in [5.74, 6) is 0.394. The van der Waals surface area contributed by atoms with Crippen molar-refractivity contribution in [3.8, 4) is 0 Å². The Bertz CT molecular complexity index is 373. The monoisotopic (exact) mass is 282 g/mol. The third-order valence-corrected chi connectivity index (χ3v) is 4.14. The zero-order valence-electron chi connectivity index (χ0n) is 10.4. The number of aryl methyl sites for hydroxylation is 2. The Morgan fingerprint density at radius 3 is 2.25 bits per heavy atom. The molecular formula is C14H19BrO. The Morgan fingerprint density at radius 1 is 1.31 bits per heavy atom. The fraction of sp³-hybridized carbons (Fsp3) is 0.500. The van der Waals surface area contributed by atoms with Crippen LogP contribution in [0.1, 0.15) is 48.2 Å². The molecule has 0 saturated carbocycles. The molecule has 1 rings (SSSR count). The fourth-order valence-electron chi connectivity index (χ4n) is 1.94. The molecule has 16 heavy (non-hydrogen) atoms. The van der Waals surface area contributed by atoms with Crippen LogP contribution in [-0.4, -0.2) is 5.78 Å². The maximum atomic E-state index is 12.1. The molecule has 1 aromatic carbocycles. The number of carbonyl (C=O) groups is 1. The first-order chi connectivity index (χ1) is 7.47. The van der Waals surface area contributed by atoms with Crippen molar-refractivity contribution in [3.63, 3.8) is 0 Å². The number of hydrogen-bond acceptors (Lipinski definition) is 1. The lowest BCUT2D eigenvalue weighted by Crippen LogP contribution is -2.11.